The third-order valence-electron chi connectivity index (χ3n) is 8.38. The Hall–Kier alpha value is -4.69. The highest BCUT2D eigenvalue weighted by molar-refractivity contribution is 6.29. The van der Waals surface area contributed by atoms with E-state index < -0.39 is 51.8 Å². The zero-order valence-corrected chi connectivity index (χ0v) is 24.3. The number of aliphatic hydroxyl groups is 1. The van der Waals surface area contributed by atoms with E-state index in [0.29, 0.717) is 11.4 Å². The van der Waals surface area contributed by atoms with Gasteiger partial charge in [-0.2, -0.15) is 0 Å². The maximum absolute atomic E-state index is 14.6. The number of fused-ring (bicyclic) bond motifs is 1. The van der Waals surface area contributed by atoms with Crippen molar-refractivity contribution < 1.29 is 43.4 Å². The molecule has 2 fully saturated rings. The van der Waals surface area contributed by atoms with Gasteiger partial charge >= 0.3 is 0 Å². The van der Waals surface area contributed by atoms with Gasteiger partial charge in [-0.15, -0.1) is 0 Å². The molecule has 2 saturated heterocycles. The van der Waals surface area contributed by atoms with Crippen molar-refractivity contribution in [1.82, 2.24) is 0 Å². The molecule has 0 aliphatic carbocycles. The summed E-state index contributed by atoms with van der Waals surface area (Å²) in [5, 5.41) is 23.8. The molecule has 3 aromatic rings. The fourth-order valence-corrected chi connectivity index (χ4v) is 6.37. The lowest BCUT2D eigenvalue weighted by molar-refractivity contribution is -0.384. The molecule has 3 heterocycles. The first kappa shape index (κ1) is 29.4. The summed E-state index contributed by atoms with van der Waals surface area (Å²) in [6.07, 6.45) is -0.902. The van der Waals surface area contributed by atoms with Crippen molar-refractivity contribution in [2.24, 2.45) is 0 Å². The minimum absolute atomic E-state index is 0.0129. The lowest BCUT2D eigenvalue weighted by Gasteiger charge is -2.59. The first-order valence-corrected chi connectivity index (χ1v) is 13.7. The van der Waals surface area contributed by atoms with Crippen LogP contribution in [0.4, 0.5) is 17.1 Å². The van der Waals surface area contributed by atoms with Crippen LogP contribution in [0.5, 0.6) is 5.75 Å². The molecule has 3 aromatic carbocycles. The van der Waals surface area contributed by atoms with Crippen molar-refractivity contribution in [3.8, 4) is 5.75 Å². The summed E-state index contributed by atoms with van der Waals surface area (Å²) in [5.41, 5.74) is -4.61. The predicted molar refractivity (Wildman–Crippen MR) is 154 cm³/mol. The SMILES string of the molecule is COc1ccc(N2C(=O)[C@@](O)([C@]3(OC)C(=O)N(C(=O)c4ccc([N+](=O)[O-])cc4)c4ccccc43)[C@@H]2[C@H]2COC(C)(C)O2)cc1. The summed E-state index contributed by atoms with van der Waals surface area (Å²) >= 11 is 0. The number of β-lactam (4-membered cyclic amide) rings is 1. The molecule has 0 unspecified atom stereocenters. The second kappa shape index (κ2) is 10.2. The maximum atomic E-state index is 14.6. The van der Waals surface area contributed by atoms with Gasteiger partial charge in [0, 0.05) is 36.1 Å². The van der Waals surface area contributed by atoms with E-state index >= 15 is 0 Å². The number of methoxy groups -OCH3 is 2. The molecule has 228 valence electrons. The molecular weight excluding hydrogens is 574 g/mol. The van der Waals surface area contributed by atoms with E-state index in [1.807, 2.05) is 0 Å². The lowest BCUT2D eigenvalue weighted by atomic mass is 9.64. The Morgan fingerprint density at radius 1 is 1.00 bits per heavy atom. The Kier molecular flexibility index (Phi) is 6.81. The van der Waals surface area contributed by atoms with Crippen molar-refractivity contribution in [3.63, 3.8) is 0 Å². The molecule has 6 rings (SSSR count). The molecule has 0 radical (unpaired) electrons. The van der Waals surface area contributed by atoms with Gasteiger partial charge in [-0.3, -0.25) is 24.5 Å². The molecule has 0 saturated carbocycles. The highest BCUT2D eigenvalue weighted by Crippen LogP contribution is 2.57. The van der Waals surface area contributed by atoms with Crippen LogP contribution in [0.25, 0.3) is 0 Å². The molecule has 13 nitrogen and oxygen atoms in total. The summed E-state index contributed by atoms with van der Waals surface area (Å²) in [7, 11) is 2.69. The van der Waals surface area contributed by atoms with E-state index in [0.717, 1.165) is 17.0 Å². The quantitative estimate of drug-likeness (QED) is 0.184. The van der Waals surface area contributed by atoms with Gasteiger partial charge < -0.3 is 29.0 Å². The number of non-ortho nitro benzene ring substituents is 1. The first-order chi connectivity index (χ1) is 20.9. The zero-order chi connectivity index (χ0) is 31.6. The molecule has 0 aromatic heterocycles. The molecule has 13 heteroatoms. The molecule has 4 atom stereocenters. The normalized spacial score (nSPS) is 27.2. The zero-order valence-electron chi connectivity index (χ0n) is 24.3. The number of carbonyl (C=O) groups excluding carboxylic acids is 3. The van der Waals surface area contributed by atoms with Crippen molar-refractivity contribution in [2.45, 2.75) is 43.0 Å². The largest absolute Gasteiger partial charge is 0.497 e. The van der Waals surface area contributed by atoms with Gasteiger partial charge in [0.05, 0.1) is 24.3 Å². The number of hydrogen-bond donors (Lipinski definition) is 1. The fourth-order valence-electron chi connectivity index (χ4n) is 6.37. The van der Waals surface area contributed by atoms with Crippen molar-refractivity contribution >= 4 is 34.8 Å². The maximum Gasteiger partial charge on any atom is 0.274 e. The summed E-state index contributed by atoms with van der Waals surface area (Å²) < 4.78 is 23.1. The highest BCUT2D eigenvalue weighted by atomic mass is 16.7. The van der Waals surface area contributed by atoms with Gasteiger partial charge in [-0.1, -0.05) is 18.2 Å². The second-order valence-electron chi connectivity index (χ2n) is 11.1. The van der Waals surface area contributed by atoms with E-state index in [1.54, 1.807) is 50.2 Å². The number of hydrogen-bond acceptors (Lipinski definition) is 10. The monoisotopic (exact) mass is 603 g/mol. The van der Waals surface area contributed by atoms with E-state index in [2.05, 4.69) is 0 Å². The topological polar surface area (TPSA) is 158 Å². The van der Waals surface area contributed by atoms with Crippen molar-refractivity contribution in [2.75, 3.05) is 30.6 Å². The van der Waals surface area contributed by atoms with E-state index in [1.165, 1.54) is 43.4 Å². The molecule has 3 aliphatic heterocycles. The van der Waals surface area contributed by atoms with Crippen LogP contribution in [0.1, 0.15) is 29.8 Å². The molecular formula is C31H29N3O10. The number of para-hydroxylation sites is 1. The summed E-state index contributed by atoms with van der Waals surface area (Å²) in [6.45, 7) is 3.37. The second-order valence-corrected chi connectivity index (χ2v) is 11.1. The van der Waals surface area contributed by atoms with Gasteiger partial charge in [0.15, 0.2) is 5.79 Å². The van der Waals surface area contributed by atoms with E-state index in [9.17, 15) is 29.6 Å². The summed E-state index contributed by atoms with van der Waals surface area (Å²) in [6, 6.07) is 16.3. The Bertz CT molecular complexity index is 1670. The number of nitro groups is 1. The minimum Gasteiger partial charge on any atom is -0.497 e. The van der Waals surface area contributed by atoms with Crippen LogP contribution >= 0.6 is 0 Å². The Morgan fingerprint density at radius 2 is 1.66 bits per heavy atom. The number of imide groups is 1. The number of rotatable bonds is 7. The predicted octanol–water partition coefficient (Wildman–Crippen LogP) is 2.93. The van der Waals surface area contributed by atoms with Gasteiger partial charge in [0.2, 0.25) is 11.2 Å². The standard InChI is InChI=1S/C31H29N3O10/c1-29(2)43-17-24(44-29)25-30(38,27(36)32(25)19-13-15-21(41-3)16-14-19)31(42-4)22-7-5-6-8-23(22)33(28(31)37)26(35)18-9-11-20(12-10-18)34(39)40/h5-16,24-25,38H,17H2,1-4H3/t24-,25+,30-,31-/m1/s1. The van der Waals surface area contributed by atoms with Crippen molar-refractivity contribution in [3.05, 3.63) is 94.0 Å². The molecule has 3 amide bonds. The number of nitro benzene ring substituents is 1. The van der Waals surface area contributed by atoms with Crippen LogP contribution in [0.15, 0.2) is 72.8 Å². The third-order valence-corrected chi connectivity index (χ3v) is 8.38. The molecule has 3 aliphatic rings. The van der Waals surface area contributed by atoms with Crippen LogP contribution in [-0.2, 0) is 29.4 Å². The fraction of sp³-hybridized carbons (Fsp3) is 0.323. The third kappa shape index (κ3) is 3.97. The average Bonchev–Trinajstić information content (AvgIpc) is 3.51. The van der Waals surface area contributed by atoms with E-state index in [4.69, 9.17) is 18.9 Å². The van der Waals surface area contributed by atoms with Gasteiger partial charge in [0.1, 0.15) is 17.9 Å². The van der Waals surface area contributed by atoms with Gasteiger partial charge in [-0.25, -0.2) is 4.90 Å². The van der Waals surface area contributed by atoms with Crippen LogP contribution in [0, 0.1) is 10.1 Å². The first-order valence-electron chi connectivity index (χ1n) is 13.7. The smallest absolute Gasteiger partial charge is 0.274 e. The van der Waals surface area contributed by atoms with Crippen molar-refractivity contribution in [1.29, 1.82) is 0 Å². The Labute approximate surface area is 251 Å². The highest BCUT2D eigenvalue weighted by Gasteiger charge is 2.80. The van der Waals surface area contributed by atoms with Crippen LogP contribution in [0.3, 0.4) is 0 Å². The molecule has 44 heavy (non-hydrogen) atoms. The van der Waals surface area contributed by atoms with E-state index in [-0.39, 0.29) is 29.1 Å². The molecule has 0 spiro atoms. The Morgan fingerprint density at radius 3 is 2.23 bits per heavy atom. The number of carbonyl (C=O) groups is 3. The minimum atomic E-state index is -2.56. The van der Waals surface area contributed by atoms with Crippen LogP contribution < -0.4 is 14.5 Å². The lowest BCUT2D eigenvalue weighted by Crippen LogP contribution is -2.86. The van der Waals surface area contributed by atoms with Crippen LogP contribution in [0.2, 0.25) is 0 Å². The summed E-state index contributed by atoms with van der Waals surface area (Å²) in [5.74, 6) is -3.18. The molecule has 1 N–H and O–H groups in total. The number of anilines is 2. The Balaban J connectivity index is 1.48. The molecule has 0 bridgehead atoms. The number of nitrogens with zero attached hydrogens (tertiary/aromatic N) is 3. The van der Waals surface area contributed by atoms with Gasteiger partial charge in [0.25, 0.3) is 23.4 Å². The number of amides is 3. The number of ether oxygens (including phenoxy) is 4. The summed E-state index contributed by atoms with van der Waals surface area (Å²) in [4.78, 5) is 55.4. The number of benzene rings is 3. The average molecular weight is 604 g/mol. The van der Waals surface area contributed by atoms with Crippen LogP contribution in [-0.4, -0.2) is 72.1 Å². The van der Waals surface area contributed by atoms with Gasteiger partial charge in [-0.05, 0) is 56.3 Å².